The predicted octanol–water partition coefficient (Wildman–Crippen LogP) is 5.39. The zero-order valence-electron chi connectivity index (χ0n) is 15.3. The molecule has 0 radical (unpaired) electrons. The molecule has 1 amide bonds. The van der Waals surface area contributed by atoms with Gasteiger partial charge in [0.2, 0.25) is 0 Å². The second-order valence-corrected chi connectivity index (χ2v) is 6.71. The Morgan fingerprint density at radius 1 is 0.933 bits per heavy atom. The Labute approximate surface area is 175 Å². The van der Waals surface area contributed by atoms with Gasteiger partial charge in [-0.25, -0.2) is 18.7 Å². The monoisotopic (exact) mass is 422 g/mol. The van der Waals surface area contributed by atoms with Crippen molar-refractivity contribution in [1.29, 1.82) is 0 Å². The molecule has 0 saturated heterocycles. The van der Waals surface area contributed by atoms with E-state index in [9.17, 15) is 13.6 Å². The summed E-state index contributed by atoms with van der Waals surface area (Å²) in [4.78, 5) is 25.6. The zero-order chi connectivity index (χ0) is 21.1. The molecule has 0 bridgehead atoms. The van der Waals surface area contributed by atoms with Gasteiger partial charge in [-0.05, 0) is 54.6 Å². The largest absolute Gasteiger partial charge is 0.319 e. The van der Waals surface area contributed by atoms with Crippen molar-refractivity contribution >= 4 is 23.2 Å². The van der Waals surface area contributed by atoms with Gasteiger partial charge in [0.15, 0.2) is 5.82 Å². The first-order valence-corrected chi connectivity index (χ1v) is 9.19. The Morgan fingerprint density at radius 3 is 2.37 bits per heavy atom. The maximum atomic E-state index is 14.1. The number of amides is 1. The van der Waals surface area contributed by atoms with Crippen molar-refractivity contribution in [1.82, 2.24) is 15.0 Å². The molecule has 0 fully saturated rings. The van der Waals surface area contributed by atoms with Gasteiger partial charge in [-0.15, -0.1) is 0 Å². The van der Waals surface area contributed by atoms with Crippen LogP contribution >= 0.6 is 11.6 Å². The molecule has 8 heteroatoms. The first-order valence-electron chi connectivity index (χ1n) is 8.81. The van der Waals surface area contributed by atoms with Gasteiger partial charge >= 0.3 is 0 Å². The van der Waals surface area contributed by atoms with E-state index in [1.165, 1.54) is 30.5 Å². The lowest BCUT2D eigenvalue weighted by atomic mass is 10.1. The average Bonchev–Trinajstić information content (AvgIpc) is 2.76. The van der Waals surface area contributed by atoms with Gasteiger partial charge in [0.25, 0.3) is 5.91 Å². The third-order valence-electron chi connectivity index (χ3n) is 4.27. The van der Waals surface area contributed by atoms with Crippen LogP contribution in [0.1, 0.15) is 10.4 Å². The van der Waals surface area contributed by atoms with Crippen molar-refractivity contribution in [3.63, 3.8) is 0 Å². The Bertz CT molecular complexity index is 1220. The molecule has 4 aromatic rings. The van der Waals surface area contributed by atoms with E-state index >= 15 is 0 Å². The minimum atomic E-state index is -0.662. The SMILES string of the molecule is O=C(Nc1ccc(Cl)cc1F)c1cnc(-c2ccc(F)cc2)nc1-c1ccncc1. The number of anilines is 1. The van der Waals surface area contributed by atoms with Crippen LogP contribution in [0, 0.1) is 11.6 Å². The van der Waals surface area contributed by atoms with E-state index < -0.39 is 11.7 Å². The highest BCUT2D eigenvalue weighted by molar-refractivity contribution is 6.30. The summed E-state index contributed by atoms with van der Waals surface area (Å²) in [6.07, 6.45) is 4.48. The van der Waals surface area contributed by atoms with Crippen molar-refractivity contribution in [3.8, 4) is 22.6 Å². The number of benzene rings is 2. The highest BCUT2D eigenvalue weighted by Crippen LogP contribution is 2.26. The van der Waals surface area contributed by atoms with Crippen LogP contribution in [0.25, 0.3) is 22.6 Å². The van der Waals surface area contributed by atoms with Gasteiger partial charge in [-0.1, -0.05) is 11.6 Å². The molecule has 2 heterocycles. The van der Waals surface area contributed by atoms with Crippen LogP contribution < -0.4 is 5.32 Å². The molecule has 5 nitrogen and oxygen atoms in total. The highest BCUT2D eigenvalue weighted by atomic mass is 35.5. The Balaban J connectivity index is 1.76. The van der Waals surface area contributed by atoms with Crippen LogP contribution in [0.2, 0.25) is 5.02 Å². The van der Waals surface area contributed by atoms with E-state index in [0.717, 1.165) is 6.07 Å². The number of nitrogens with one attached hydrogen (secondary N) is 1. The molecule has 0 saturated carbocycles. The number of aromatic nitrogens is 3. The molecule has 30 heavy (non-hydrogen) atoms. The third-order valence-corrected chi connectivity index (χ3v) is 4.50. The number of pyridine rings is 1. The first-order chi connectivity index (χ1) is 14.5. The van der Waals surface area contributed by atoms with Crippen molar-refractivity contribution in [3.05, 3.63) is 95.4 Å². The minimum absolute atomic E-state index is 0.0207. The number of nitrogens with zero attached hydrogens (tertiary/aromatic N) is 3. The van der Waals surface area contributed by atoms with Crippen molar-refractivity contribution in [2.24, 2.45) is 0 Å². The summed E-state index contributed by atoms with van der Waals surface area (Å²) in [5, 5.41) is 2.73. The van der Waals surface area contributed by atoms with Crippen molar-refractivity contribution in [2.75, 3.05) is 5.32 Å². The Hall–Kier alpha value is -3.71. The lowest BCUT2D eigenvalue weighted by Crippen LogP contribution is -2.15. The van der Waals surface area contributed by atoms with Gasteiger partial charge in [-0.3, -0.25) is 9.78 Å². The first kappa shape index (κ1) is 19.6. The Kier molecular flexibility index (Phi) is 5.45. The van der Waals surface area contributed by atoms with Crippen LogP contribution in [-0.2, 0) is 0 Å². The molecule has 1 N–H and O–H groups in total. The van der Waals surface area contributed by atoms with Gasteiger partial charge in [0, 0.05) is 34.7 Å². The zero-order valence-corrected chi connectivity index (χ0v) is 16.1. The second-order valence-electron chi connectivity index (χ2n) is 6.28. The molecule has 148 valence electrons. The average molecular weight is 423 g/mol. The fourth-order valence-electron chi connectivity index (χ4n) is 2.80. The number of carbonyl (C=O) groups excluding carboxylic acids is 1. The van der Waals surface area contributed by atoms with Crippen LogP contribution in [-0.4, -0.2) is 20.9 Å². The van der Waals surface area contributed by atoms with Gasteiger partial charge in [0.1, 0.15) is 11.6 Å². The standard InChI is InChI=1S/C22H13ClF2N4O/c23-15-3-6-19(18(25)11-15)28-22(30)17-12-27-21(14-1-4-16(24)5-2-14)29-20(17)13-7-9-26-10-8-13/h1-12H,(H,28,30). The molecule has 2 aromatic carbocycles. The van der Waals surface area contributed by atoms with Gasteiger partial charge in [0.05, 0.1) is 16.9 Å². The number of hydrogen-bond acceptors (Lipinski definition) is 4. The predicted molar refractivity (Wildman–Crippen MR) is 110 cm³/mol. The van der Waals surface area contributed by atoms with Gasteiger partial charge in [-0.2, -0.15) is 0 Å². The number of hydrogen-bond donors (Lipinski definition) is 1. The topological polar surface area (TPSA) is 67.8 Å². The van der Waals surface area contributed by atoms with Crippen LogP contribution in [0.15, 0.2) is 73.2 Å². The van der Waals surface area contributed by atoms with E-state index in [1.54, 1.807) is 36.7 Å². The molecule has 4 rings (SSSR count). The summed E-state index contributed by atoms with van der Waals surface area (Å²) in [5.74, 6) is -1.32. The molecule has 0 aliphatic rings. The van der Waals surface area contributed by atoms with E-state index in [1.807, 2.05) is 0 Å². The summed E-state index contributed by atoms with van der Waals surface area (Å²) in [7, 11) is 0. The summed E-state index contributed by atoms with van der Waals surface area (Å²) in [6.45, 7) is 0. The van der Waals surface area contributed by atoms with Gasteiger partial charge < -0.3 is 5.32 Å². The fraction of sp³-hybridized carbons (Fsp3) is 0. The molecular formula is C22H13ClF2N4O. The Morgan fingerprint density at radius 2 is 1.67 bits per heavy atom. The lowest BCUT2D eigenvalue weighted by Gasteiger charge is -2.12. The quantitative estimate of drug-likeness (QED) is 0.479. The highest BCUT2D eigenvalue weighted by Gasteiger charge is 2.18. The van der Waals surface area contributed by atoms with Crippen LogP contribution in [0.4, 0.5) is 14.5 Å². The maximum Gasteiger partial charge on any atom is 0.259 e. The molecule has 2 aromatic heterocycles. The molecule has 0 atom stereocenters. The van der Waals surface area contributed by atoms with E-state index in [4.69, 9.17) is 11.6 Å². The summed E-state index contributed by atoms with van der Waals surface area (Å²) in [6, 6.07) is 13.0. The lowest BCUT2D eigenvalue weighted by molar-refractivity contribution is 0.102. The molecule has 0 unspecified atom stereocenters. The van der Waals surface area contributed by atoms with E-state index in [0.29, 0.717) is 22.6 Å². The summed E-state index contributed by atoms with van der Waals surface area (Å²) >= 11 is 5.76. The molecule has 0 aliphatic carbocycles. The smallest absolute Gasteiger partial charge is 0.259 e. The van der Waals surface area contributed by atoms with Crippen molar-refractivity contribution in [2.45, 2.75) is 0 Å². The normalized spacial score (nSPS) is 10.6. The van der Waals surface area contributed by atoms with Crippen molar-refractivity contribution < 1.29 is 13.6 Å². The fourth-order valence-corrected chi connectivity index (χ4v) is 2.96. The summed E-state index contributed by atoms with van der Waals surface area (Å²) in [5.41, 5.74) is 1.66. The van der Waals surface area contributed by atoms with Crippen LogP contribution in [0.3, 0.4) is 0 Å². The van der Waals surface area contributed by atoms with E-state index in [2.05, 4.69) is 20.3 Å². The number of halogens is 3. The minimum Gasteiger partial charge on any atom is -0.319 e. The molecular weight excluding hydrogens is 410 g/mol. The second kappa shape index (κ2) is 8.34. The van der Waals surface area contributed by atoms with E-state index in [-0.39, 0.29) is 22.1 Å². The van der Waals surface area contributed by atoms with Crippen LogP contribution in [0.5, 0.6) is 0 Å². The molecule has 0 spiro atoms. The number of carbonyl (C=O) groups is 1. The number of rotatable bonds is 4. The summed E-state index contributed by atoms with van der Waals surface area (Å²) < 4.78 is 27.3. The molecule has 0 aliphatic heterocycles. The maximum absolute atomic E-state index is 14.1. The third kappa shape index (κ3) is 4.16.